The number of fused-ring (bicyclic) bond motifs is 2. The minimum atomic E-state index is 0. The first-order chi connectivity index (χ1) is 17.2. The van der Waals surface area contributed by atoms with Crippen molar-refractivity contribution >= 4 is 58.1 Å². The fraction of sp³-hybridized carbons (Fsp3) is 0.333. The smallest absolute Gasteiger partial charge is 0.163 e. The second kappa shape index (κ2) is 12.8. The van der Waals surface area contributed by atoms with E-state index >= 15 is 0 Å². The molecule has 0 spiro atoms. The number of rotatable bonds is 8. The van der Waals surface area contributed by atoms with E-state index in [0.717, 1.165) is 66.7 Å². The van der Waals surface area contributed by atoms with Crippen LogP contribution in [-0.4, -0.2) is 68.3 Å². The van der Waals surface area contributed by atoms with Crippen LogP contribution in [0.5, 0.6) is 11.5 Å². The van der Waals surface area contributed by atoms with E-state index in [1.54, 1.807) is 19.6 Å². The van der Waals surface area contributed by atoms with Crippen molar-refractivity contribution in [3.05, 3.63) is 54.4 Å². The highest BCUT2D eigenvalue weighted by Crippen LogP contribution is 2.38. The molecular weight excluding hydrogens is 513 g/mol. The van der Waals surface area contributed by atoms with Crippen molar-refractivity contribution in [1.29, 1.82) is 5.26 Å². The van der Waals surface area contributed by atoms with Crippen molar-refractivity contribution in [3.63, 3.8) is 0 Å². The summed E-state index contributed by atoms with van der Waals surface area (Å²) in [6, 6.07) is 13.7. The Kier molecular flexibility index (Phi) is 9.84. The molecule has 10 heteroatoms. The van der Waals surface area contributed by atoms with Gasteiger partial charge in [0.05, 0.1) is 36.7 Å². The first kappa shape index (κ1) is 28.4. The largest absolute Gasteiger partial charge is 0.493 e. The Morgan fingerprint density at radius 3 is 2.65 bits per heavy atom. The summed E-state index contributed by atoms with van der Waals surface area (Å²) < 4.78 is 17.3. The van der Waals surface area contributed by atoms with Crippen LogP contribution in [0.3, 0.4) is 0 Å². The number of nitrogens with zero attached hydrogens (tertiary/aromatic N) is 4. The highest BCUT2D eigenvalue weighted by Gasteiger charge is 2.17. The zero-order valence-corrected chi connectivity index (χ0v) is 22.5. The van der Waals surface area contributed by atoms with Gasteiger partial charge in [-0.1, -0.05) is 6.07 Å². The number of benzene rings is 2. The summed E-state index contributed by atoms with van der Waals surface area (Å²) in [7, 11) is 3.79. The van der Waals surface area contributed by atoms with Gasteiger partial charge in [0.2, 0.25) is 0 Å². The van der Waals surface area contributed by atoms with Gasteiger partial charge in [0.1, 0.15) is 11.7 Å². The van der Waals surface area contributed by atoms with Gasteiger partial charge in [-0.3, -0.25) is 4.98 Å². The molecule has 2 aromatic heterocycles. The SMILES string of the molecule is COc1cc2c(Nc3cccc4occc34)c(C#N)cnc2cc1OCCCN1CCN(C)CC1.Cl.Cl. The average molecular weight is 544 g/mol. The predicted octanol–water partition coefficient (Wildman–Crippen LogP) is 5.46. The second-order valence-electron chi connectivity index (χ2n) is 8.79. The van der Waals surface area contributed by atoms with E-state index in [4.69, 9.17) is 13.9 Å². The van der Waals surface area contributed by atoms with Crippen LogP contribution in [0.1, 0.15) is 12.0 Å². The number of pyridine rings is 1. The van der Waals surface area contributed by atoms with Crippen LogP contribution in [0, 0.1) is 11.3 Å². The van der Waals surface area contributed by atoms with E-state index < -0.39 is 0 Å². The summed E-state index contributed by atoms with van der Waals surface area (Å²) in [4.78, 5) is 9.36. The Morgan fingerprint density at radius 2 is 1.89 bits per heavy atom. The Labute approximate surface area is 229 Å². The van der Waals surface area contributed by atoms with E-state index in [9.17, 15) is 5.26 Å². The number of anilines is 2. The van der Waals surface area contributed by atoms with Crippen LogP contribution in [-0.2, 0) is 0 Å². The monoisotopic (exact) mass is 543 g/mol. The molecule has 1 aliphatic heterocycles. The highest BCUT2D eigenvalue weighted by atomic mass is 35.5. The third-order valence-electron chi connectivity index (χ3n) is 6.50. The van der Waals surface area contributed by atoms with Gasteiger partial charge >= 0.3 is 0 Å². The number of methoxy groups -OCH3 is 1. The molecule has 5 rings (SSSR count). The number of piperazine rings is 1. The second-order valence-corrected chi connectivity index (χ2v) is 8.79. The zero-order chi connectivity index (χ0) is 24.2. The zero-order valence-electron chi connectivity index (χ0n) is 20.9. The van der Waals surface area contributed by atoms with E-state index in [1.807, 2.05) is 36.4 Å². The predicted molar refractivity (Wildman–Crippen MR) is 151 cm³/mol. The maximum atomic E-state index is 9.76. The summed E-state index contributed by atoms with van der Waals surface area (Å²) in [6.07, 6.45) is 4.18. The van der Waals surface area contributed by atoms with Gasteiger partial charge in [0, 0.05) is 61.4 Å². The van der Waals surface area contributed by atoms with Crippen LogP contribution in [0.4, 0.5) is 11.4 Å². The number of likely N-dealkylation sites (N-methyl/N-ethyl adjacent to an activating group) is 1. The third-order valence-corrected chi connectivity index (χ3v) is 6.50. The molecule has 0 aliphatic carbocycles. The molecule has 0 radical (unpaired) electrons. The first-order valence-electron chi connectivity index (χ1n) is 11.8. The minimum absolute atomic E-state index is 0. The molecule has 1 N–H and O–H groups in total. The summed E-state index contributed by atoms with van der Waals surface area (Å²) in [5, 5.41) is 14.9. The lowest BCUT2D eigenvalue weighted by atomic mass is 10.1. The van der Waals surface area contributed by atoms with Crippen LogP contribution < -0.4 is 14.8 Å². The van der Waals surface area contributed by atoms with Gasteiger partial charge in [-0.2, -0.15) is 5.26 Å². The van der Waals surface area contributed by atoms with Gasteiger partial charge < -0.3 is 29.0 Å². The van der Waals surface area contributed by atoms with Crippen LogP contribution in [0.2, 0.25) is 0 Å². The normalized spacial score (nSPS) is 14.0. The average Bonchev–Trinajstić information content (AvgIpc) is 3.37. The Hall–Kier alpha value is -3.22. The lowest BCUT2D eigenvalue weighted by molar-refractivity contribution is 0.145. The molecule has 0 saturated carbocycles. The topological polar surface area (TPSA) is 86.8 Å². The number of furan rings is 1. The molecule has 0 amide bonds. The Morgan fingerprint density at radius 1 is 1.08 bits per heavy atom. The Balaban J connectivity index is 0.00000190. The van der Waals surface area contributed by atoms with E-state index in [-0.39, 0.29) is 24.8 Å². The molecule has 0 atom stereocenters. The number of ether oxygens (including phenoxy) is 2. The standard InChI is InChI=1S/C27H29N5O3.2ClH/c1-31-9-11-32(12-10-31)8-4-13-34-26-16-23-21(15-25(26)33-2)27(19(17-28)18-29-23)30-22-5-3-6-24-20(22)7-14-35-24;;/h3,5-7,14-16,18H,4,8-13H2,1-2H3,(H,29,30);2*1H. The van der Waals surface area contributed by atoms with Gasteiger partial charge in [0.25, 0.3) is 0 Å². The molecule has 8 nitrogen and oxygen atoms in total. The number of aromatic nitrogens is 1. The van der Waals surface area contributed by atoms with Gasteiger partial charge in [-0.25, -0.2) is 0 Å². The molecular formula is C27H31Cl2N5O3. The third kappa shape index (κ3) is 6.20. The number of nitriles is 1. The molecule has 1 fully saturated rings. The molecule has 1 saturated heterocycles. The van der Waals surface area contributed by atoms with Crippen molar-refractivity contribution in [3.8, 4) is 17.6 Å². The van der Waals surface area contributed by atoms with Crippen molar-refractivity contribution in [1.82, 2.24) is 14.8 Å². The fourth-order valence-electron chi connectivity index (χ4n) is 4.47. The highest BCUT2D eigenvalue weighted by molar-refractivity contribution is 6.01. The fourth-order valence-corrected chi connectivity index (χ4v) is 4.47. The molecule has 1 aliphatic rings. The quantitative estimate of drug-likeness (QED) is 0.293. The van der Waals surface area contributed by atoms with Crippen LogP contribution >= 0.6 is 24.8 Å². The maximum absolute atomic E-state index is 9.76. The van der Waals surface area contributed by atoms with Crippen molar-refractivity contribution in [2.45, 2.75) is 6.42 Å². The van der Waals surface area contributed by atoms with Crippen molar-refractivity contribution in [2.75, 3.05) is 58.8 Å². The maximum Gasteiger partial charge on any atom is 0.163 e. The van der Waals surface area contributed by atoms with E-state index in [2.05, 4.69) is 33.2 Å². The van der Waals surface area contributed by atoms with Gasteiger partial charge in [-0.15, -0.1) is 24.8 Å². The number of hydrogen-bond acceptors (Lipinski definition) is 8. The minimum Gasteiger partial charge on any atom is -0.493 e. The molecule has 0 bridgehead atoms. The summed E-state index contributed by atoms with van der Waals surface area (Å²) in [6.45, 7) is 6.04. The van der Waals surface area contributed by atoms with Crippen molar-refractivity contribution in [2.24, 2.45) is 0 Å². The number of halogens is 2. The molecule has 0 unspecified atom stereocenters. The summed E-state index contributed by atoms with van der Waals surface area (Å²) in [5.74, 6) is 1.26. The van der Waals surface area contributed by atoms with Crippen molar-refractivity contribution < 1.29 is 13.9 Å². The summed E-state index contributed by atoms with van der Waals surface area (Å²) in [5.41, 5.74) is 3.47. The van der Waals surface area contributed by atoms with Gasteiger partial charge in [-0.05, 0) is 37.7 Å². The Bertz CT molecular complexity index is 1380. The van der Waals surface area contributed by atoms with Gasteiger partial charge in [0.15, 0.2) is 11.5 Å². The summed E-state index contributed by atoms with van der Waals surface area (Å²) >= 11 is 0. The first-order valence-corrected chi connectivity index (χ1v) is 11.8. The molecule has 2 aromatic carbocycles. The number of hydrogen-bond donors (Lipinski definition) is 1. The molecule has 3 heterocycles. The van der Waals surface area contributed by atoms with Crippen LogP contribution in [0.25, 0.3) is 21.9 Å². The lowest BCUT2D eigenvalue weighted by Crippen LogP contribution is -2.44. The van der Waals surface area contributed by atoms with E-state index in [0.29, 0.717) is 29.4 Å². The van der Waals surface area contributed by atoms with E-state index in [1.165, 1.54) is 0 Å². The molecule has 196 valence electrons. The molecule has 4 aromatic rings. The lowest BCUT2D eigenvalue weighted by Gasteiger charge is -2.32. The van der Waals surface area contributed by atoms with Crippen LogP contribution in [0.15, 0.2) is 53.3 Å². The molecule has 37 heavy (non-hydrogen) atoms. The number of nitrogens with one attached hydrogen (secondary N) is 1.